The van der Waals surface area contributed by atoms with Gasteiger partial charge in [0.2, 0.25) is 10.0 Å². The van der Waals surface area contributed by atoms with Crippen LogP contribution >= 0.6 is 11.3 Å². The topological polar surface area (TPSA) is 96.4 Å². The Bertz CT molecular complexity index is 786. The third kappa shape index (κ3) is 3.63. The third-order valence-corrected chi connectivity index (χ3v) is 4.90. The molecule has 0 saturated heterocycles. The van der Waals surface area contributed by atoms with Crippen molar-refractivity contribution in [3.8, 4) is 0 Å². The highest BCUT2D eigenvalue weighted by molar-refractivity contribution is 7.89. The van der Waals surface area contributed by atoms with Gasteiger partial charge in [0.1, 0.15) is 5.82 Å². The van der Waals surface area contributed by atoms with Crippen LogP contribution in [0.15, 0.2) is 29.3 Å². The van der Waals surface area contributed by atoms with Crippen molar-refractivity contribution < 1.29 is 22.7 Å². The Morgan fingerprint density at radius 2 is 2.19 bits per heavy atom. The lowest BCUT2D eigenvalue weighted by molar-refractivity contribution is 0.0691. The standard InChI is InChI=1S/C12H11FN2O4S2/c1-7-14-5-8(20-7)6-15-21(18,19)9-2-3-11(13)10(4-9)12(16)17/h2-5,15H,6H2,1H3,(H,16,17). The molecule has 0 bridgehead atoms. The minimum Gasteiger partial charge on any atom is -0.478 e. The average Bonchev–Trinajstić information content (AvgIpc) is 2.82. The zero-order valence-corrected chi connectivity index (χ0v) is 12.5. The normalized spacial score (nSPS) is 11.5. The van der Waals surface area contributed by atoms with E-state index in [0.717, 1.165) is 28.1 Å². The fraction of sp³-hybridized carbons (Fsp3) is 0.167. The summed E-state index contributed by atoms with van der Waals surface area (Å²) in [4.78, 5) is 15.2. The summed E-state index contributed by atoms with van der Waals surface area (Å²) in [6, 6.07) is 2.62. The molecule has 21 heavy (non-hydrogen) atoms. The number of aryl methyl sites for hydroxylation is 1. The van der Waals surface area contributed by atoms with E-state index in [9.17, 15) is 17.6 Å². The van der Waals surface area contributed by atoms with Crippen molar-refractivity contribution in [1.82, 2.24) is 9.71 Å². The molecule has 0 aliphatic rings. The number of aromatic carboxylic acids is 1. The summed E-state index contributed by atoms with van der Waals surface area (Å²) in [6.07, 6.45) is 1.55. The summed E-state index contributed by atoms with van der Waals surface area (Å²) in [7, 11) is -3.92. The summed E-state index contributed by atoms with van der Waals surface area (Å²) in [5.74, 6) is -2.51. The van der Waals surface area contributed by atoms with E-state index in [1.54, 1.807) is 13.1 Å². The Balaban J connectivity index is 2.23. The molecular weight excluding hydrogens is 319 g/mol. The first kappa shape index (κ1) is 15.5. The van der Waals surface area contributed by atoms with Crippen LogP contribution in [0, 0.1) is 12.7 Å². The molecule has 9 heteroatoms. The first-order chi connectivity index (χ1) is 9.79. The molecule has 0 spiro atoms. The van der Waals surface area contributed by atoms with Crippen molar-refractivity contribution >= 4 is 27.3 Å². The summed E-state index contributed by atoms with van der Waals surface area (Å²) in [5.41, 5.74) is -0.688. The van der Waals surface area contributed by atoms with Gasteiger partial charge in [-0.05, 0) is 25.1 Å². The van der Waals surface area contributed by atoms with E-state index in [-0.39, 0.29) is 11.4 Å². The van der Waals surface area contributed by atoms with Gasteiger partial charge in [0.25, 0.3) is 0 Å². The molecule has 0 aliphatic heterocycles. The summed E-state index contributed by atoms with van der Waals surface area (Å²) >= 11 is 1.34. The molecule has 0 atom stereocenters. The lowest BCUT2D eigenvalue weighted by Gasteiger charge is -2.06. The summed E-state index contributed by atoms with van der Waals surface area (Å²) < 4.78 is 39.7. The van der Waals surface area contributed by atoms with Crippen LogP contribution in [0.25, 0.3) is 0 Å². The van der Waals surface area contributed by atoms with Crippen LogP contribution in [0.2, 0.25) is 0 Å². The van der Waals surface area contributed by atoms with Gasteiger partial charge in [-0.25, -0.2) is 27.3 Å². The lowest BCUT2D eigenvalue weighted by atomic mass is 10.2. The van der Waals surface area contributed by atoms with Crippen LogP contribution < -0.4 is 4.72 Å². The summed E-state index contributed by atoms with van der Waals surface area (Å²) in [6.45, 7) is 1.83. The third-order valence-electron chi connectivity index (χ3n) is 2.58. The predicted molar refractivity (Wildman–Crippen MR) is 74.2 cm³/mol. The Hall–Kier alpha value is -1.84. The number of nitrogens with zero attached hydrogens (tertiary/aromatic N) is 1. The number of nitrogens with one attached hydrogen (secondary N) is 1. The number of thiazole rings is 1. The van der Waals surface area contributed by atoms with Gasteiger partial charge in [0, 0.05) is 17.6 Å². The van der Waals surface area contributed by atoms with Crippen LogP contribution in [0.3, 0.4) is 0 Å². The second kappa shape index (κ2) is 5.88. The number of carboxylic acids is 1. The highest BCUT2D eigenvalue weighted by Gasteiger charge is 2.19. The van der Waals surface area contributed by atoms with E-state index in [2.05, 4.69) is 9.71 Å². The number of hydrogen-bond donors (Lipinski definition) is 2. The number of aromatic nitrogens is 1. The van der Waals surface area contributed by atoms with Crippen molar-refractivity contribution in [2.45, 2.75) is 18.4 Å². The Labute approximate surface area is 124 Å². The minimum absolute atomic E-state index is 0.0353. The number of sulfonamides is 1. The maximum absolute atomic E-state index is 13.3. The molecule has 2 aromatic rings. The van der Waals surface area contributed by atoms with Gasteiger partial charge in [0.15, 0.2) is 0 Å². The number of benzene rings is 1. The van der Waals surface area contributed by atoms with E-state index in [0.29, 0.717) is 0 Å². The molecule has 112 valence electrons. The van der Waals surface area contributed by atoms with Gasteiger partial charge >= 0.3 is 5.97 Å². The van der Waals surface area contributed by atoms with Gasteiger partial charge in [0.05, 0.1) is 15.5 Å². The van der Waals surface area contributed by atoms with Crippen molar-refractivity contribution in [2.75, 3.05) is 0 Å². The van der Waals surface area contributed by atoms with Crippen LogP contribution in [-0.2, 0) is 16.6 Å². The molecule has 0 saturated carbocycles. The summed E-state index contributed by atoms with van der Waals surface area (Å²) in [5, 5.41) is 9.61. The molecule has 0 radical (unpaired) electrons. The van der Waals surface area contributed by atoms with Gasteiger partial charge in [-0.3, -0.25) is 0 Å². The largest absolute Gasteiger partial charge is 0.478 e. The van der Waals surface area contributed by atoms with Gasteiger partial charge < -0.3 is 5.11 Å². The van der Waals surface area contributed by atoms with E-state index in [1.165, 1.54) is 11.3 Å². The first-order valence-electron chi connectivity index (χ1n) is 5.73. The van der Waals surface area contributed by atoms with E-state index in [1.807, 2.05) is 0 Å². The van der Waals surface area contributed by atoms with Crippen LogP contribution in [0.4, 0.5) is 4.39 Å². The van der Waals surface area contributed by atoms with E-state index in [4.69, 9.17) is 5.11 Å². The van der Waals surface area contributed by atoms with Gasteiger partial charge in [-0.2, -0.15) is 0 Å². The highest BCUT2D eigenvalue weighted by atomic mass is 32.2. The SMILES string of the molecule is Cc1ncc(CNS(=O)(=O)c2ccc(F)c(C(=O)O)c2)s1. The smallest absolute Gasteiger partial charge is 0.338 e. The van der Waals surface area contributed by atoms with Crippen LogP contribution in [0.5, 0.6) is 0 Å². The monoisotopic (exact) mass is 330 g/mol. The molecule has 2 N–H and O–H groups in total. The molecule has 2 rings (SSSR count). The molecule has 1 aromatic heterocycles. The van der Waals surface area contributed by atoms with Gasteiger partial charge in [-0.1, -0.05) is 0 Å². The molecule has 0 fully saturated rings. The minimum atomic E-state index is -3.92. The lowest BCUT2D eigenvalue weighted by Crippen LogP contribution is -2.23. The Kier molecular flexibility index (Phi) is 4.35. The Morgan fingerprint density at radius 3 is 2.76 bits per heavy atom. The molecule has 0 amide bonds. The number of halogens is 1. The number of carbonyl (C=O) groups is 1. The Morgan fingerprint density at radius 1 is 1.48 bits per heavy atom. The van der Waals surface area contributed by atoms with Crippen LogP contribution in [-0.4, -0.2) is 24.5 Å². The second-order valence-electron chi connectivity index (χ2n) is 4.12. The quantitative estimate of drug-likeness (QED) is 0.871. The zero-order chi connectivity index (χ0) is 15.6. The molecule has 0 unspecified atom stereocenters. The van der Waals surface area contributed by atoms with Crippen molar-refractivity contribution in [3.05, 3.63) is 45.7 Å². The second-order valence-corrected chi connectivity index (χ2v) is 7.20. The molecule has 0 aliphatic carbocycles. The number of carboxylic acid groups (broad SMARTS) is 1. The molecular formula is C12H11FN2O4S2. The van der Waals surface area contributed by atoms with E-state index >= 15 is 0 Å². The number of hydrogen-bond acceptors (Lipinski definition) is 5. The predicted octanol–water partition coefficient (Wildman–Crippen LogP) is 1.77. The fourth-order valence-electron chi connectivity index (χ4n) is 1.57. The highest BCUT2D eigenvalue weighted by Crippen LogP contribution is 2.17. The van der Waals surface area contributed by atoms with E-state index < -0.39 is 27.4 Å². The fourth-order valence-corrected chi connectivity index (χ4v) is 3.43. The molecule has 1 heterocycles. The first-order valence-corrected chi connectivity index (χ1v) is 8.03. The van der Waals surface area contributed by atoms with Gasteiger partial charge in [-0.15, -0.1) is 11.3 Å². The maximum atomic E-state index is 13.3. The van der Waals surface area contributed by atoms with Crippen molar-refractivity contribution in [3.63, 3.8) is 0 Å². The zero-order valence-electron chi connectivity index (χ0n) is 10.8. The molecule has 6 nitrogen and oxygen atoms in total. The van der Waals surface area contributed by atoms with Crippen molar-refractivity contribution in [2.24, 2.45) is 0 Å². The maximum Gasteiger partial charge on any atom is 0.338 e. The van der Waals surface area contributed by atoms with Crippen molar-refractivity contribution in [1.29, 1.82) is 0 Å². The number of rotatable bonds is 5. The van der Waals surface area contributed by atoms with Crippen LogP contribution in [0.1, 0.15) is 20.2 Å². The average molecular weight is 330 g/mol. The molecule has 1 aromatic carbocycles.